The highest BCUT2D eigenvalue weighted by atomic mass is 14.9. The van der Waals surface area contributed by atoms with Crippen LogP contribution >= 0.6 is 0 Å². The molecule has 19 heavy (non-hydrogen) atoms. The van der Waals surface area contributed by atoms with Gasteiger partial charge in [0.1, 0.15) is 0 Å². The van der Waals surface area contributed by atoms with E-state index in [2.05, 4.69) is 36.3 Å². The Hall–Kier alpha value is -1.15. The first-order valence-electron chi connectivity index (χ1n) is 7.66. The molecule has 0 spiro atoms. The number of nitrogens with one attached hydrogen (secondary N) is 1. The van der Waals surface area contributed by atoms with Crippen LogP contribution < -0.4 is 5.32 Å². The van der Waals surface area contributed by atoms with E-state index in [0.29, 0.717) is 6.04 Å². The van der Waals surface area contributed by atoms with Gasteiger partial charge in [0.2, 0.25) is 0 Å². The molecule has 0 saturated heterocycles. The average Bonchev–Trinajstić information content (AvgIpc) is 2.37. The lowest BCUT2D eigenvalue weighted by molar-refractivity contribution is 0.544. The van der Waals surface area contributed by atoms with Gasteiger partial charge in [0, 0.05) is 6.20 Å². The van der Waals surface area contributed by atoms with Crippen LogP contribution in [0.3, 0.4) is 0 Å². The number of aryl methyl sites for hydroxylation is 1. The van der Waals surface area contributed by atoms with Gasteiger partial charge < -0.3 is 5.32 Å². The number of hydrogen-bond acceptors (Lipinski definition) is 2. The van der Waals surface area contributed by atoms with E-state index < -0.39 is 0 Å². The van der Waals surface area contributed by atoms with Crippen LogP contribution in [0.1, 0.15) is 62.7 Å². The molecule has 0 bridgehead atoms. The van der Waals surface area contributed by atoms with E-state index in [-0.39, 0.29) is 0 Å². The minimum atomic E-state index is 0.310. The number of nitrogens with zero attached hydrogens (tertiary/aromatic N) is 1. The maximum Gasteiger partial charge on any atom is 0.0713 e. The van der Waals surface area contributed by atoms with Crippen LogP contribution in [0.15, 0.2) is 30.0 Å². The molecule has 1 atom stereocenters. The summed E-state index contributed by atoms with van der Waals surface area (Å²) in [6, 6.07) is 4.49. The number of likely N-dealkylation sites (N-methyl/N-ethyl adjacent to an activating group) is 1. The number of pyridine rings is 1. The standard InChI is InChI=1S/C17H26N2/c1-3-18-17(16-14(2)10-9-13-19-16)15-11-7-5-4-6-8-12-15/h9-11,13,17-18H,3-8,12H2,1-2H3/b15-11+. The van der Waals surface area contributed by atoms with Crippen LogP contribution in [0.4, 0.5) is 0 Å². The molecule has 1 aromatic rings. The normalized spacial score (nSPS) is 21.1. The van der Waals surface area contributed by atoms with Crippen molar-refractivity contribution in [2.45, 2.75) is 58.4 Å². The topological polar surface area (TPSA) is 24.9 Å². The third kappa shape index (κ3) is 3.90. The Kier molecular flexibility index (Phi) is 5.59. The van der Waals surface area contributed by atoms with Crippen molar-refractivity contribution in [1.29, 1.82) is 0 Å². The molecule has 1 aromatic heterocycles. The van der Waals surface area contributed by atoms with Crippen LogP contribution in [0.2, 0.25) is 0 Å². The smallest absolute Gasteiger partial charge is 0.0713 e. The van der Waals surface area contributed by atoms with Crippen LogP contribution in [0.25, 0.3) is 0 Å². The van der Waals surface area contributed by atoms with Gasteiger partial charge >= 0.3 is 0 Å². The highest BCUT2D eigenvalue weighted by molar-refractivity contribution is 5.29. The van der Waals surface area contributed by atoms with E-state index in [4.69, 9.17) is 0 Å². The summed E-state index contributed by atoms with van der Waals surface area (Å²) in [4.78, 5) is 4.62. The molecule has 1 unspecified atom stereocenters. The first kappa shape index (κ1) is 14.3. The van der Waals surface area contributed by atoms with E-state index >= 15 is 0 Å². The van der Waals surface area contributed by atoms with Crippen LogP contribution in [0.5, 0.6) is 0 Å². The van der Waals surface area contributed by atoms with Gasteiger partial charge in [0.25, 0.3) is 0 Å². The van der Waals surface area contributed by atoms with Crippen molar-refractivity contribution >= 4 is 0 Å². The molecular formula is C17H26N2. The van der Waals surface area contributed by atoms with Gasteiger partial charge in [-0.2, -0.15) is 0 Å². The molecule has 0 fully saturated rings. The molecular weight excluding hydrogens is 232 g/mol. The minimum Gasteiger partial charge on any atom is -0.306 e. The third-order valence-corrected chi connectivity index (χ3v) is 3.93. The Morgan fingerprint density at radius 2 is 2.11 bits per heavy atom. The summed E-state index contributed by atoms with van der Waals surface area (Å²) in [6.45, 7) is 5.32. The summed E-state index contributed by atoms with van der Waals surface area (Å²) in [6.07, 6.45) is 12.2. The van der Waals surface area contributed by atoms with Crippen molar-refractivity contribution in [1.82, 2.24) is 10.3 Å². The molecule has 2 heteroatoms. The van der Waals surface area contributed by atoms with Crippen LogP contribution in [-0.4, -0.2) is 11.5 Å². The first-order valence-corrected chi connectivity index (χ1v) is 7.66. The lowest BCUT2D eigenvalue weighted by Crippen LogP contribution is -2.25. The van der Waals surface area contributed by atoms with Gasteiger partial charge in [-0.1, -0.05) is 37.5 Å². The predicted molar refractivity (Wildman–Crippen MR) is 81.2 cm³/mol. The fourth-order valence-corrected chi connectivity index (χ4v) is 2.89. The minimum absolute atomic E-state index is 0.310. The van der Waals surface area contributed by atoms with Gasteiger partial charge in [0.05, 0.1) is 11.7 Å². The number of hydrogen-bond donors (Lipinski definition) is 1. The maximum atomic E-state index is 4.62. The Balaban J connectivity index is 2.25. The Bertz CT molecular complexity index is 423. The summed E-state index contributed by atoms with van der Waals surface area (Å²) < 4.78 is 0. The largest absolute Gasteiger partial charge is 0.306 e. The van der Waals surface area contributed by atoms with Crippen molar-refractivity contribution in [3.8, 4) is 0 Å². The quantitative estimate of drug-likeness (QED) is 0.813. The molecule has 0 aromatic carbocycles. The van der Waals surface area contributed by atoms with Crippen molar-refractivity contribution in [3.05, 3.63) is 41.2 Å². The van der Waals surface area contributed by atoms with Crippen molar-refractivity contribution in [2.75, 3.05) is 6.54 Å². The second-order valence-electron chi connectivity index (χ2n) is 5.43. The van der Waals surface area contributed by atoms with Gasteiger partial charge in [-0.15, -0.1) is 0 Å². The fraction of sp³-hybridized carbons (Fsp3) is 0.588. The Morgan fingerprint density at radius 1 is 1.26 bits per heavy atom. The Labute approximate surface area is 117 Å². The van der Waals surface area contributed by atoms with Crippen molar-refractivity contribution in [3.63, 3.8) is 0 Å². The molecule has 2 nitrogen and oxygen atoms in total. The number of allylic oxidation sites excluding steroid dienone is 1. The molecule has 1 N–H and O–H groups in total. The van der Waals surface area contributed by atoms with E-state index in [0.717, 1.165) is 6.54 Å². The number of aromatic nitrogens is 1. The monoisotopic (exact) mass is 258 g/mol. The van der Waals surface area contributed by atoms with Crippen molar-refractivity contribution < 1.29 is 0 Å². The summed E-state index contributed by atoms with van der Waals surface area (Å²) >= 11 is 0. The van der Waals surface area contributed by atoms with E-state index in [1.807, 2.05) is 12.3 Å². The zero-order chi connectivity index (χ0) is 13.5. The van der Waals surface area contributed by atoms with Gasteiger partial charge in [-0.05, 0) is 50.8 Å². The molecule has 0 amide bonds. The van der Waals surface area contributed by atoms with E-state index in [1.54, 1.807) is 5.57 Å². The van der Waals surface area contributed by atoms with Gasteiger partial charge in [0.15, 0.2) is 0 Å². The van der Waals surface area contributed by atoms with Gasteiger partial charge in [-0.3, -0.25) is 4.98 Å². The summed E-state index contributed by atoms with van der Waals surface area (Å²) in [5.41, 5.74) is 4.04. The van der Waals surface area contributed by atoms with E-state index in [1.165, 1.54) is 49.8 Å². The molecule has 1 heterocycles. The second kappa shape index (κ2) is 7.44. The lowest BCUT2D eigenvalue weighted by Gasteiger charge is -2.24. The van der Waals surface area contributed by atoms with Crippen LogP contribution in [0, 0.1) is 6.92 Å². The molecule has 0 saturated carbocycles. The SMILES string of the molecule is CCNC(/C1=C/CCCCCC1)c1ncccc1C. The number of rotatable bonds is 4. The third-order valence-electron chi connectivity index (χ3n) is 3.93. The fourth-order valence-electron chi connectivity index (χ4n) is 2.89. The van der Waals surface area contributed by atoms with E-state index in [9.17, 15) is 0 Å². The molecule has 104 valence electrons. The Morgan fingerprint density at radius 3 is 2.89 bits per heavy atom. The van der Waals surface area contributed by atoms with Crippen molar-refractivity contribution in [2.24, 2.45) is 0 Å². The molecule has 0 aliphatic heterocycles. The predicted octanol–water partition coefficient (Wildman–Crippen LogP) is 4.32. The summed E-state index contributed by atoms with van der Waals surface area (Å²) in [5, 5.41) is 3.63. The molecule has 2 rings (SSSR count). The highest BCUT2D eigenvalue weighted by Gasteiger charge is 2.18. The first-order chi connectivity index (χ1) is 9.33. The molecule has 1 aliphatic carbocycles. The van der Waals surface area contributed by atoms with Gasteiger partial charge in [-0.25, -0.2) is 0 Å². The summed E-state index contributed by atoms with van der Waals surface area (Å²) in [7, 11) is 0. The molecule has 1 aliphatic rings. The second-order valence-corrected chi connectivity index (χ2v) is 5.43. The molecule has 0 radical (unpaired) electrons. The van der Waals surface area contributed by atoms with Crippen LogP contribution in [-0.2, 0) is 0 Å². The average molecular weight is 258 g/mol. The maximum absolute atomic E-state index is 4.62. The lowest BCUT2D eigenvalue weighted by atomic mass is 9.91. The highest BCUT2D eigenvalue weighted by Crippen LogP contribution is 2.29. The zero-order valence-electron chi connectivity index (χ0n) is 12.3. The summed E-state index contributed by atoms with van der Waals surface area (Å²) in [5.74, 6) is 0. The zero-order valence-corrected chi connectivity index (χ0v) is 12.3.